The van der Waals surface area contributed by atoms with Gasteiger partial charge in [0.15, 0.2) is 0 Å². The summed E-state index contributed by atoms with van der Waals surface area (Å²) >= 11 is 1.44. The molecule has 0 atom stereocenters. The van der Waals surface area contributed by atoms with Gasteiger partial charge in [-0.1, -0.05) is 0 Å². The molecule has 8 heteroatoms. The van der Waals surface area contributed by atoms with Gasteiger partial charge in [-0.05, 0) is 57.2 Å². The summed E-state index contributed by atoms with van der Waals surface area (Å²) in [7, 11) is 0. The minimum absolute atomic E-state index is 0.131. The molecule has 0 saturated carbocycles. The van der Waals surface area contributed by atoms with Crippen molar-refractivity contribution in [2.75, 3.05) is 38.0 Å². The smallest absolute Gasteiger partial charge is 0.282 e. The van der Waals surface area contributed by atoms with E-state index < -0.39 is 19.0 Å². The molecule has 1 aromatic rings. The van der Waals surface area contributed by atoms with Crippen molar-refractivity contribution in [3.05, 3.63) is 16.0 Å². The van der Waals surface area contributed by atoms with Crippen molar-refractivity contribution in [1.82, 2.24) is 9.80 Å². The van der Waals surface area contributed by atoms with Crippen LogP contribution < -0.4 is 5.32 Å². The van der Waals surface area contributed by atoms with Crippen LogP contribution in [-0.2, 0) is 17.6 Å². The summed E-state index contributed by atoms with van der Waals surface area (Å²) < 4.78 is 26.4. The van der Waals surface area contributed by atoms with Crippen molar-refractivity contribution in [2.45, 2.75) is 44.4 Å². The number of hydrogen-bond acceptors (Lipinski definition) is 4. The number of amides is 2. The van der Waals surface area contributed by atoms with E-state index in [-0.39, 0.29) is 11.8 Å². The highest BCUT2D eigenvalue weighted by Gasteiger charge is 2.47. The number of carbonyl (C=O) groups is 2. The van der Waals surface area contributed by atoms with Crippen LogP contribution in [-0.4, -0.2) is 60.3 Å². The Hall–Kier alpha value is -1.54. The third-order valence-corrected chi connectivity index (χ3v) is 6.54. The Balaban J connectivity index is 1.54. The molecule has 4 rings (SSSR count). The lowest BCUT2D eigenvalue weighted by Crippen LogP contribution is -2.58. The van der Waals surface area contributed by atoms with Gasteiger partial charge < -0.3 is 10.2 Å². The van der Waals surface area contributed by atoms with Crippen LogP contribution >= 0.6 is 11.3 Å². The number of carbonyl (C=O) groups excluding carboxylic acids is 2. The van der Waals surface area contributed by atoms with E-state index in [0.717, 1.165) is 62.1 Å². The first-order chi connectivity index (χ1) is 12.4. The predicted octanol–water partition coefficient (Wildman–Crippen LogP) is 2.75. The van der Waals surface area contributed by atoms with E-state index in [1.807, 2.05) is 0 Å². The summed E-state index contributed by atoms with van der Waals surface area (Å²) in [6, 6.07) is 0. The highest BCUT2D eigenvalue weighted by atomic mass is 32.1. The number of alkyl halides is 2. The molecule has 0 spiro atoms. The summed E-state index contributed by atoms with van der Waals surface area (Å²) in [6.07, 6.45) is 5.92. The molecule has 3 aliphatic rings. The van der Waals surface area contributed by atoms with Crippen LogP contribution in [0.15, 0.2) is 0 Å². The molecule has 26 heavy (non-hydrogen) atoms. The molecule has 1 aromatic heterocycles. The average molecular weight is 383 g/mol. The Morgan fingerprint density at radius 1 is 1.08 bits per heavy atom. The van der Waals surface area contributed by atoms with Crippen LogP contribution in [0.25, 0.3) is 0 Å². The number of fused-ring (bicyclic) bond motifs is 1. The first-order valence-electron chi connectivity index (χ1n) is 9.27. The van der Waals surface area contributed by atoms with Crippen molar-refractivity contribution in [3.8, 4) is 0 Å². The predicted molar refractivity (Wildman–Crippen MR) is 96.1 cm³/mol. The fraction of sp³-hybridized carbons (Fsp3) is 0.667. The van der Waals surface area contributed by atoms with Crippen molar-refractivity contribution < 1.29 is 18.4 Å². The molecule has 5 nitrogen and oxygen atoms in total. The normalized spacial score (nSPS) is 22.0. The molecule has 0 unspecified atom stereocenters. The van der Waals surface area contributed by atoms with Crippen LogP contribution in [0.4, 0.5) is 13.8 Å². The number of rotatable bonds is 4. The number of hydrogen-bond donors (Lipinski definition) is 1. The number of nitrogens with zero attached hydrogens (tertiary/aromatic N) is 2. The largest absolute Gasteiger partial charge is 0.326 e. The number of aryl methyl sites for hydroxylation is 1. The zero-order chi connectivity index (χ0) is 18.3. The second-order valence-corrected chi connectivity index (χ2v) is 8.57. The quantitative estimate of drug-likeness (QED) is 0.870. The molecule has 0 radical (unpaired) electrons. The van der Waals surface area contributed by atoms with Crippen LogP contribution in [0.5, 0.6) is 0 Å². The van der Waals surface area contributed by atoms with Crippen LogP contribution in [0, 0.1) is 0 Å². The van der Waals surface area contributed by atoms with E-state index >= 15 is 0 Å². The van der Waals surface area contributed by atoms with Gasteiger partial charge in [0, 0.05) is 4.88 Å². The van der Waals surface area contributed by atoms with Crippen molar-refractivity contribution in [2.24, 2.45) is 0 Å². The molecule has 0 bridgehead atoms. The van der Waals surface area contributed by atoms with Gasteiger partial charge in [0.1, 0.15) is 5.00 Å². The van der Waals surface area contributed by atoms with E-state index in [1.165, 1.54) is 16.2 Å². The van der Waals surface area contributed by atoms with E-state index in [2.05, 4.69) is 10.2 Å². The maximum atomic E-state index is 13.2. The zero-order valence-corrected chi connectivity index (χ0v) is 15.5. The van der Waals surface area contributed by atoms with Gasteiger partial charge in [0.2, 0.25) is 5.91 Å². The maximum Gasteiger partial charge on any atom is 0.282 e. The Bertz CT molecular complexity index is 720. The van der Waals surface area contributed by atoms with Crippen molar-refractivity contribution in [3.63, 3.8) is 0 Å². The van der Waals surface area contributed by atoms with Gasteiger partial charge in [0.25, 0.3) is 11.8 Å². The zero-order valence-electron chi connectivity index (χ0n) is 14.7. The van der Waals surface area contributed by atoms with Crippen LogP contribution in [0.3, 0.4) is 0 Å². The molecule has 0 aromatic carbocycles. The van der Waals surface area contributed by atoms with Crippen LogP contribution in [0.2, 0.25) is 0 Å². The van der Waals surface area contributed by atoms with E-state index in [0.29, 0.717) is 17.1 Å². The summed E-state index contributed by atoms with van der Waals surface area (Å²) in [6.45, 7) is 1.10. The van der Waals surface area contributed by atoms with Gasteiger partial charge in [-0.25, -0.2) is 8.78 Å². The molecular formula is C18H23F2N3O2S. The Morgan fingerprint density at radius 2 is 1.77 bits per heavy atom. The fourth-order valence-corrected chi connectivity index (χ4v) is 5.30. The Kier molecular flexibility index (Phi) is 4.73. The molecule has 2 amide bonds. The van der Waals surface area contributed by atoms with Gasteiger partial charge >= 0.3 is 0 Å². The van der Waals surface area contributed by atoms with Crippen molar-refractivity contribution >= 4 is 28.2 Å². The van der Waals surface area contributed by atoms with Gasteiger partial charge in [-0.15, -0.1) is 11.3 Å². The molecule has 2 fully saturated rings. The first-order valence-corrected chi connectivity index (χ1v) is 10.1. The third-order valence-electron chi connectivity index (χ3n) is 5.34. The number of nitrogens with one attached hydrogen (secondary N) is 1. The Morgan fingerprint density at radius 3 is 2.46 bits per heavy atom. The minimum Gasteiger partial charge on any atom is -0.326 e. The fourth-order valence-electron chi connectivity index (χ4n) is 4.00. The molecular weight excluding hydrogens is 360 g/mol. The van der Waals surface area contributed by atoms with Gasteiger partial charge in [-0.2, -0.15) is 0 Å². The van der Waals surface area contributed by atoms with Crippen LogP contribution in [0.1, 0.15) is 46.5 Å². The number of likely N-dealkylation sites (tertiary alicyclic amines) is 2. The lowest BCUT2D eigenvalue weighted by atomic mass is 9.94. The van der Waals surface area contributed by atoms with E-state index in [9.17, 15) is 18.4 Å². The Labute approximate surface area is 155 Å². The summed E-state index contributed by atoms with van der Waals surface area (Å²) in [5.74, 6) is -3.29. The summed E-state index contributed by atoms with van der Waals surface area (Å²) in [5, 5.41) is 3.45. The highest BCUT2D eigenvalue weighted by Crippen LogP contribution is 2.40. The molecule has 142 valence electrons. The first kappa shape index (κ1) is 17.9. The highest BCUT2D eigenvalue weighted by molar-refractivity contribution is 7.17. The second-order valence-electron chi connectivity index (χ2n) is 7.46. The lowest BCUT2D eigenvalue weighted by Gasteiger charge is -2.39. The average Bonchev–Trinajstić information content (AvgIpc) is 3.18. The standard InChI is InChI=1S/C18H23F2N3O2S/c19-18(20)10-23(11-18)17(25)15-12-5-1-2-6-13(12)26-16(15)21-14(24)9-22-7-3-4-8-22/h1-11H2,(H,21,24). The lowest BCUT2D eigenvalue weighted by molar-refractivity contribution is -0.117. The second kappa shape index (κ2) is 6.88. The van der Waals surface area contributed by atoms with E-state index in [4.69, 9.17) is 0 Å². The van der Waals surface area contributed by atoms with Gasteiger partial charge in [-0.3, -0.25) is 14.5 Å². The summed E-state index contributed by atoms with van der Waals surface area (Å²) in [5.41, 5.74) is 1.41. The molecule has 2 saturated heterocycles. The molecule has 2 aliphatic heterocycles. The SMILES string of the molecule is O=C(CN1CCCC1)Nc1sc2c(c1C(=O)N1CC(F)(F)C1)CCCC2. The third kappa shape index (κ3) is 3.49. The van der Waals surface area contributed by atoms with Gasteiger partial charge in [0.05, 0.1) is 25.2 Å². The van der Waals surface area contributed by atoms with Crippen molar-refractivity contribution in [1.29, 1.82) is 0 Å². The molecule has 1 aliphatic carbocycles. The molecule has 1 N–H and O–H groups in total. The summed E-state index contributed by atoms with van der Waals surface area (Å²) in [4.78, 5) is 29.7. The number of anilines is 1. The number of thiophene rings is 1. The maximum absolute atomic E-state index is 13.2. The number of halogens is 2. The van der Waals surface area contributed by atoms with E-state index in [1.54, 1.807) is 0 Å². The minimum atomic E-state index is -2.79. The topological polar surface area (TPSA) is 52.7 Å². The molecule has 3 heterocycles. The monoisotopic (exact) mass is 383 g/mol.